The smallest absolute Gasteiger partial charge is 0.313 e. The van der Waals surface area contributed by atoms with Gasteiger partial charge in [0.25, 0.3) is 0 Å². The second kappa shape index (κ2) is 6.23. The maximum atomic E-state index is 10.6. The Hall–Kier alpha value is -0.610. The second-order valence-electron chi connectivity index (χ2n) is 3.67. The van der Waals surface area contributed by atoms with Crippen LogP contribution >= 0.6 is 50.3 Å². The highest BCUT2D eigenvalue weighted by molar-refractivity contribution is 14.1. The summed E-state index contributed by atoms with van der Waals surface area (Å²) < 4.78 is 3.83. The molecule has 2 aromatic rings. The summed E-state index contributed by atoms with van der Waals surface area (Å²) in [6.07, 6.45) is 0. The zero-order valence-electron chi connectivity index (χ0n) is 9.80. The predicted octanol–water partition coefficient (Wildman–Crippen LogP) is 3.03. The summed E-state index contributed by atoms with van der Waals surface area (Å²) in [6, 6.07) is 5.91. The van der Waals surface area contributed by atoms with Gasteiger partial charge in [0.1, 0.15) is 0 Å². The lowest BCUT2D eigenvalue weighted by molar-refractivity contribution is -0.133. The van der Waals surface area contributed by atoms with Crippen LogP contribution in [0.25, 0.3) is 11.4 Å². The topological polar surface area (TPSA) is 68.0 Å². The third kappa shape index (κ3) is 3.48. The fourth-order valence-corrected chi connectivity index (χ4v) is 3.04. The number of aromatic nitrogens is 3. The van der Waals surface area contributed by atoms with Crippen LogP contribution in [0, 0.1) is 3.57 Å². The van der Waals surface area contributed by atoms with Gasteiger partial charge in [0, 0.05) is 20.7 Å². The van der Waals surface area contributed by atoms with E-state index in [0.29, 0.717) is 5.16 Å². The Morgan fingerprint density at radius 2 is 2.26 bits per heavy atom. The van der Waals surface area contributed by atoms with Crippen molar-refractivity contribution in [3.8, 4) is 11.4 Å². The van der Waals surface area contributed by atoms with E-state index in [1.54, 1.807) is 4.57 Å². The molecule has 0 bridgehead atoms. The molecule has 0 unspecified atom stereocenters. The number of halogens is 2. The molecule has 100 valence electrons. The largest absolute Gasteiger partial charge is 0.481 e. The Bertz CT molecular complexity index is 632. The molecular formula is C11H9BrIN3O2S. The Morgan fingerprint density at radius 3 is 2.95 bits per heavy atom. The van der Waals surface area contributed by atoms with Gasteiger partial charge in [-0.3, -0.25) is 4.79 Å². The first-order valence-corrected chi connectivity index (χ1v) is 8.04. The minimum absolute atomic E-state index is 0.0262. The first kappa shape index (κ1) is 14.8. The number of hydrogen-bond donors (Lipinski definition) is 1. The average molecular weight is 454 g/mol. The Kier molecular flexibility index (Phi) is 4.85. The van der Waals surface area contributed by atoms with Gasteiger partial charge in [0.05, 0.1) is 5.75 Å². The maximum absolute atomic E-state index is 10.6. The van der Waals surface area contributed by atoms with Gasteiger partial charge >= 0.3 is 5.97 Å². The van der Waals surface area contributed by atoms with Crippen molar-refractivity contribution in [1.29, 1.82) is 0 Å². The number of nitrogens with zero attached hydrogens (tertiary/aromatic N) is 3. The molecular weight excluding hydrogens is 445 g/mol. The van der Waals surface area contributed by atoms with Crippen LogP contribution < -0.4 is 0 Å². The average Bonchev–Trinajstić information content (AvgIpc) is 2.71. The van der Waals surface area contributed by atoms with Gasteiger partial charge in [-0.2, -0.15) is 0 Å². The molecule has 1 aromatic heterocycles. The second-order valence-corrected chi connectivity index (χ2v) is 6.69. The minimum Gasteiger partial charge on any atom is -0.481 e. The summed E-state index contributed by atoms with van der Waals surface area (Å²) in [4.78, 5) is 10.6. The van der Waals surface area contributed by atoms with Crippen molar-refractivity contribution in [2.45, 2.75) is 5.16 Å². The van der Waals surface area contributed by atoms with E-state index in [4.69, 9.17) is 5.11 Å². The molecule has 0 saturated carbocycles. The molecule has 0 atom stereocenters. The van der Waals surface area contributed by atoms with Crippen LogP contribution in [0.15, 0.2) is 27.8 Å². The molecule has 0 spiro atoms. The molecule has 0 saturated heterocycles. The van der Waals surface area contributed by atoms with Crippen molar-refractivity contribution in [3.05, 3.63) is 26.2 Å². The van der Waals surface area contributed by atoms with E-state index in [0.717, 1.165) is 31.2 Å². The quantitative estimate of drug-likeness (QED) is 0.569. The zero-order valence-corrected chi connectivity index (χ0v) is 14.4. The highest BCUT2D eigenvalue weighted by Gasteiger charge is 2.14. The SMILES string of the molecule is Cn1c(SCC(=O)O)nnc1-c1cc(Br)ccc1I. The number of carbonyl (C=O) groups is 1. The molecule has 8 heteroatoms. The summed E-state index contributed by atoms with van der Waals surface area (Å²) in [5.74, 6) is -0.174. The van der Waals surface area contributed by atoms with Crippen LogP contribution in [0.5, 0.6) is 0 Å². The fourth-order valence-electron chi connectivity index (χ4n) is 1.47. The lowest BCUT2D eigenvalue weighted by atomic mass is 10.2. The van der Waals surface area contributed by atoms with Crippen LogP contribution in [0.3, 0.4) is 0 Å². The van der Waals surface area contributed by atoms with E-state index in [9.17, 15) is 4.79 Å². The Balaban J connectivity index is 2.36. The highest BCUT2D eigenvalue weighted by atomic mass is 127. The molecule has 0 aliphatic rings. The predicted molar refractivity (Wildman–Crippen MR) is 85.2 cm³/mol. The van der Waals surface area contributed by atoms with E-state index in [-0.39, 0.29) is 5.75 Å². The molecule has 1 aromatic carbocycles. The third-order valence-electron chi connectivity index (χ3n) is 2.33. The van der Waals surface area contributed by atoms with E-state index in [1.165, 1.54) is 0 Å². The van der Waals surface area contributed by atoms with Crippen LogP contribution in [0.4, 0.5) is 0 Å². The fraction of sp³-hybridized carbons (Fsp3) is 0.182. The van der Waals surface area contributed by atoms with Crippen LogP contribution in [-0.4, -0.2) is 31.6 Å². The molecule has 0 aliphatic carbocycles. The van der Waals surface area contributed by atoms with Crippen molar-refractivity contribution in [2.75, 3.05) is 5.75 Å². The third-order valence-corrected chi connectivity index (χ3v) is 4.77. The molecule has 0 fully saturated rings. The number of aliphatic carboxylic acids is 1. The molecule has 1 N–H and O–H groups in total. The normalized spacial score (nSPS) is 10.7. The van der Waals surface area contributed by atoms with Crippen molar-refractivity contribution < 1.29 is 9.90 Å². The summed E-state index contributed by atoms with van der Waals surface area (Å²) in [5, 5.41) is 17.4. The first-order chi connectivity index (χ1) is 8.99. The van der Waals surface area contributed by atoms with Gasteiger partial charge in [-0.1, -0.05) is 27.7 Å². The minimum atomic E-state index is -0.869. The monoisotopic (exact) mass is 453 g/mol. The lowest BCUT2D eigenvalue weighted by Crippen LogP contribution is -2.01. The van der Waals surface area contributed by atoms with Gasteiger partial charge in [-0.25, -0.2) is 0 Å². The number of thioether (sulfide) groups is 1. The number of hydrogen-bond acceptors (Lipinski definition) is 4. The highest BCUT2D eigenvalue weighted by Crippen LogP contribution is 2.28. The van der Waals surface area contributed by atoms with Crippen molar-refractivity contribution >= 4 is 56.3 Å². The van der Waals surface area contributed by atoms with Crippen molar-refractivity contribution in [3.63, 3.8) is 0 Å². The molecule has 2 rings (SSSR count). The number of carboxylic acid groups (broad SMARTS) is 1. The van der Waals surface area contributed by atoms with Crippen LogP contribution in [0.1, 0.15) is 0 Å². The lowest BCUT2D eigenvalue weighted by Gasteiger charge is -2.05. The molecule has 0 aliphatic heterocycles. The number of rotatable bonds is 4. The number of benzene rings is 1. The Morgan fingerprint density at radius 1 is 1.53 bits per heavy atom. The standard InChI is InChI=1S/C11H9BrIN3O2S/c1-16-10(7-4-6(12)2-3-8(7)13)14-15-11(16)19-5-9(17)18/h2-4H,5H2,1H3,(H,17,18). The molecule has 5 nitrogen and oxygen atoms in total. The van der Waals surface area contributed by atoms with Crippen molar-refractivity contribution in [1.82, 2.24) is 14.8 Å². The summed E-state index contributed by atoms with van der Waals surface area (Å²) in [5.41, 5.74) is 0.965. The van der Waals surface area contributed by atoms with E-state index in [1.807, 2.05) is 25.2 Å². The van der Waals surface area contributed by atoms with Crippen LogP contribution in [-0.2, 0) is 11.8 Å². The van der Waals surface area contributed by atoms with Gasteiger partial charge in [0.15, 0.2) is 11.0 Å². The van der Waals surface area contributed by atoms with Crippen molar-refractivity contribution in [2.24, 2.45) is 7.05 Å². The van der Waals surface area contributed by atoms with Gasteiger partial charge in [-0.15, -0.1) is 10.2 Å². The maximum Gasteiger partial charge on any atom is 0.313 e. The van der Waals surface area contributed by atoms with Gasteiger partial charge in [-0.05, 0) is 40.8 Å². The van der Waals surface area contributed by atoms with E-state index >= 15 is 0 Å². The van der Waals surface area contributed by atoms with E-state index in [2.05, 4.69) is 48.7 Å². The van der Waals surface area contributed by atoms with Crippen LogP contribution in [0.2, 0.25) is 0 Å². The summed E-state index contributed by atoms with van der Waals surface area (Å²) in [6.45, 7) is 0. The van der Waals surface area contributed by atoms with E-state index < -0.39 is 5.97 Å². The summed E-state index contributed by atoms with van der Waals surface area (Å²) in [7, 11) is 1.83. The molecule has 0 radical (unpaired) electrons. The Labute approximate surface area is 136 Å². The van der Waals surface area contributed by atoms with Gasteiger partial charge in [0.2, 0.25) is 0 Å². The molecule has 0 amide bonds. The van der Waals surface area contributed by atoms with Gasteiger partial charge < -0.3 is 9.67 Å². The first-order valence-electron chi connectivity index (χ1n) is 5.18. The molecule has 19 heavy (non-hydrogen) atoms. The zero-order chi connectivity index (χ0) is 14.0. The summed E-state index contributed by atoms with van der Waals surface area (Å²) >= 11 is 6.82. The number of carboxylic acids is 1. The molecule has 1 heterocycles.